The SMILES string of the molecule is COC(=O)C(Cc1ccccc1)(C(=O)OC)S(=O)O. The lowest BCUT2D eigenvalue weighted by atomic mass is 9.98. The number of ether oxygens (including phenoxy) is 2. The second-order valence-electron chi connectivity index (χ2n) is 3.72. The normalized spacial score (nSPS) is 12.6. The summed E-state index contributed by atoms with van der Waals surface area (Å²) in [6.45, 7) is 0. The highest BCUT2D eigenvalue weighted by molar-refractivity contribution is 7.82. The Morgan fingerprint density at radius 3 is 2.00 bits per heavy atom. The second-order valence-corrected chi connectivity index (χ2v) is 4.92. The number of carbonyl (C=O) groups is 2. The van der Waals surface area contributed by atoms with E-state index in [0.29, 0.717) is 5.56 Å². The van der Waals surface area contributed by atoms with Crippen LogP contribution >= 0.6 is 0 Å². The number of hydrogen-bond donors (Lipinski definition) is 1. The topological polar surface area (TPSA) is 89.9 Å². The number of methoxy groups -OCH3 is 2. The van der Waals surface area contributed by atoms with Crippen LogP contribution in [0.25, 0.3) is 0 Å². The van der Waals surface area contributed by atoms with Gasteiger partial charge in [-0.15, -0.1) is 0 Å². The van der Waals surface area contributed by atoms with Crippen LogP contribution in [-0.2, 0) is 36.6 Å². The molecule has 19 heavy (non-hydrogen) atoms. The average molecular weight is 286 g/mol. The molecule has 1 unspecified atom stereocenters. The van der Waals surface area contributed by atoms with Crippen LogP contribution in [-0.4, -0.2) is 39.7 Å². The molecule has 0 aliphatic rings. The van der Waals surface area contributed by atoms with Crippen LogP contribution in [0.1, 0.15) is 5.56 Å². The molecule has 1 atom stereocenters. The van der Waals surface area contributed by atoms with Gasteiger partial charge in [-0.2, -0.15) is 0 Å². The summed E-state index contributed by atoms with van der Waals surface area (Å²) in [5, 5.41) is 0. The van der Waals surface area contributed by atoms with Crippen molar-refractivity contribution >= 4 is 23.0 Å². The van der Waals surface area contributed by atoms with Gasteiger partial charge in [-0.25, -0.2) is 13.8 Å². The molecule has 0 aromatic heterocycles. The standard InChI is InChI=1S/C12H14O6S/c1-17-10(13)12(19(15)16,11(14)18-2)8-9-6-4-3-5-7-9/h3-7H,8H2,1-2H3,(H,15,16). The van der Waals surface area contributed by atoms with E-state index >= 15 is 0 Å². The third kappa shape index (κ3) is 2.99. The molecule has 0 aliphatic heterocycles. The average Bonchev–Trinajstić information content (AvgIpc) is 2.43. The molecule has 0 saturated heterocycles. The summed E-state index contributed by atoms with van der Waals surface area (Å²) in [6, 6.07) is 8.39. The lowest BCUT2D eigenvalue weighted by molar-refractivity contribution is -0.156. The summed E-state index contributed by atoms with van der Waals surface area (Å²) in [6.07, 6.45) is -0.281. The fourth-order valence-corrected chi connectivity index (χ4v) is 2.39. The third-order valence-corrected chi connectivity index (χ3v) is 3.70. The number of hydrogen-bond acceptors (Lipinski definition) is 5. The van der Waals surface area contributed by atoms with E-state index in [1.807, 2.05) is 0 Å². The molecular weight excluding hydrogens is 272 g/mol. The fourth-order valence-electron chi connectivity index (χ4n) is 1.65. The molecule has 0 heterocycles. The minimum Gasteiger partial charge on any atom is -0.467 e. The monoisotopic (exact) mass is 286 g/mol. The molecular formula is C12H14O6S. The van der Waals surface area contributed by atoms with Crippen LogP contribution in [0.4, 0.5) is 0 Å². The van der Waals surface area contributed by atoms with Gasteiger partial charge in [0, 0.05) is 6.42 Å². The van der Waals surface area contributed by atoms with Crippen LogP contribution in [0.2, 0.25) is 0 Å². The number of rotatable bonds is 5. The Morgan fingerprint density at radius 2 is 1.63 bits per heavy atom. The molecule has 0 radical (unpaired) electrons. The Bertz CT molecular complexity index is 468. The molecule has 6 nitrogen and oxygen atoms in total. The number of carbonyl (C=O) groups excluding carboxylic acids is 2. The summed E-state index contributed by atoms with van der Waals surface area (Å²) in [4.78, 5) is 23.6. The summed E-state index contributed by atoms with van der Waals surface area (Å²) in [5.74, 6) is -2.21. The molecule has 1 N–H and O–H groups in total. The maximum Gasteiger partial charge on any atom is 0.339 e. The van der Waals surface area contributed by atoms with E-state index in [0.717, 1.165) is 14.2 Å². The molecule has 0 spiro atoms. The van der Waals surface area contributed by atoms with E-state index in [4.69, 9.17) is 0 Å². The van der Waals surface area contributed by atoms with E-state index in [-0.39, 0.29) is 6.42 Å². The van der Waals surface area contributed by atoms with Crippen LogP contribution in [0.5, 0.6) is 0 Å². The molecule has 1 aromatic carbocycles. The second kappa shape index (κ2) is 6.44. The Hall–Kier alpha value is -1.73. The van der Waals surface area contributed by atoms with Crippen molar-refractivity contribution in [2.24, 2.45) is 0 Å². The van der Waals surface area contributed by atoms with Gasteiger partial charge in [0.15, 0.2) is 11.1 Å². The van der Waals surface area contributed by atoms with Crippen LogP contribution in [0.15, 0.2) is 30.3 Å². The van der Waals surface area contributed by atoms with E-state index in [1.54, 1.807) is 30.3 Å². The zero-order chi connectivity index (χ0) is 14.5. The molecule has 0 fully saturated rings. The fraction of sp³-hybridized carbons (Fsp3) is 0.333. The molecule has 0 bridgehead atoms. The largest absolute Gasteiger partial charge is 0.467 e. The Balaban J connectivity index is 3.28. The van der Waals surface area contributed by atoms with E-state index in [2.05, 4.69) is 9.47 Å². The van der Waals surface area contributed by atoms with Gasteiger partial charge in [0.25, 0.3) is 4.75 Å². The van der Waals surface area contributed by atoms with Gasteiger partial charge in [0.05, 0.1) is 14.2 Å². The van der Waals surface area contributed by atoms with Crippen molar-refractivity contribution in [1.82, 2.24) is 0 Å². The van der Waals surface area contributed by atoms with Gasteiger partial charge >= 0.3 is 11.9 Å². The minimum atomic E-state index is -2.77. The Morgan fingerprint density at radius 1 is 1.16 bits per heavy atom. The van der Waals surface area contributed by atoms with Gasteiger partial charge in [-0.3, -0.25) is 0 Å². The smallest absolute Gasteiger partial charge is 0.339 e. The minimum absolute atomic E-state index is 0.281. The van der Waals surface area contributed by atoms with Crippen molar-refractivity contribution in [1.29, 1.82) is 0 Å². The lowest BCUT2D eigenvalue weighted by Crippen LogP contribution is -2.53. The van der Waals surface area contributed by atoms with Gasteiger partial charge in [0.2, 0.25) is 0 Å². The maximum atomic E-state index is 11.8. The van der Waals surface area contributed by atoms with Gasteiger partial charge in [-0.05, 0) is 5.56 Å². The van der Waals surface area contributed by atoms with Crippen molar-refractivity contribution in [3.05, 3.63) is 35.9 Å². The molecule has 0 saturated carbocycles. The first-order valence-electron chi connectivity index (χ1n) is 5.30. The van der Waals surface area contributed by atoms with Crippen molar-refractivity contribution in [2.75, 3.05) is 14.2 Å². The van der Waals surface area contributed by atoms with Gasteiger partial charge in [-0.1, -0.05) is 30.3 Å². The zero-order valence-electron chi connectivity index (χ0n) is 10.5. The summed E-state index contributed by atoms with van der Waals surface area (Å²) < 4.78 is 27.6. The van der Waals surface area contributed by atoms with Gasteiger partial charge < -0.3 is 14.0 Å². The van der Waals surface area contributed by atoms with E-state index in [9.17, 15) is 18.4 Å². The van der Waals surface area contributed by atoms with Crippen LogP contribution in [0.3, 0.4) is 0 Å². The lowest BCUT2D eigenvalue weighted by Gasteiger charge is -2.24. The third-order valence-electron chi connectivity index (χ3n) is 2.62. The summed E-state index contributed by atoms with van der Waals surface area (Å²) in [7, 11) is 2.08. The predicted octanol–water partition coefficient (Wildman–Crippen LogP) is 0.536. The molecule has 104 valence electrons. The molecule has 0 aliphatic carbocycles. The highest BCUT2D eigenvalue weighted by Gasteiger charge is 2.54. The first-order chi connectivity index (χ1) is 8.98. The van der Waals surface area contributed by atoms with Crippen molar-refractivity contribution < 1.29 is 27.8 Å². The van der Waals surface area contributed by atoms with Crippen LogP contribution < -0.4 is 0 Å². The summed E-state index contributed by atoms with van der Waals surface area (Å²) >= 11 is -2.77. The summed E-state index contributed by atoms with van der Waals surface area (Å²) in [5.41, 5.74) is 0.542. The highest BCUT2D eigenvalue weighted by atomic mass is 32.2. The number of esters is 2. The van der Waals surface area contributed by atoms with E-state index < -0.39 is 27.8 Å². The molecule has 0 amide bonds. The first-order valence-corrected chi connectivity index (χ1v) is 6.41. The maximum absolute atomic E-state index is 11.8. The van der Waals surface area contributed by atoms with Crippen molar-refractivity contribution in [2.45, 2.75) is 11.2 Å². The Labute approximate surface area is 113 Å². The quantitative estimate of drug-likeness (QED) is 0.482. The van der Waals surface area contributed by atoms with E-state index in [1.165, 1.54) is 0 Å². The van der Waals surface area contributed by atoms with Crippen LogP contribution in [0, 0.1) is 0 Å². The Kier molecular flexibility index (Phi) is 5.20. The predicted molar refractivity (Wildman–Crippen MR) is 67.7 cm³/mol. The first kappa shape index (κ1) is 15.3. The molecule has 1 aromatic rings. The van der Waals surface area contributed by atoms with Crippen molar-refractivity contribution in [3.8, 4) is 0 Å². The van der Waals surface area contributed by atoms with Crippen molar-refractivity contribution in [3.63, 3.8) is 0 Å². The zero-order valence-corrected chi connectivity index (χ0v) is 11.3. The number of benzene rings is 1. The molecule has 7 heteroatoms. The highest BCUT2D eigenvalue weighted by Crippen LogP contribution is 2.23. The van der Waals surface area contributed by atoms with Gasteiger partial charge in [0.1, 0.15) is 0 Å². The molecule has 1 rings (SSSR count).